The second kappa shape index (κ2) is 4.44. The molecule has 4 saturated carbocycles. The SMILES string of the molecule is NC1(CO)CCN(CC2C3CC4CC(C3)CC2C4)C1. The maximum Gasteiger partial charge on any atom is 0.0624 e. The van der Waals surface area contributed by atoms with Gasteiger partial charge in [0.15, 0.2) is 0 Å². The van der Waals surface area contributed by atoms with Crippen LogP contribution in [0.1, 0.15) is 38.5 Å². The smallest absolute Gasteiger partial charge is 0.0624 e. The van der Waals surface area contributed by atoms with Crippen LogP contribution in [0.2, 0.25) is 0 Å². The summed E-state index contributed by atoms with van der Waals surface area (Å²) in [5, 5.41) is 9.40. The van der Waals surface area contributed by atoms with E-state index in [9.17, 15) is 5.11 Å². The van der Waals surface area contributed by atoms with Crippen LogP contribution >= 0.6 is 0 Å². The number of nitrogens with zero attached hydrogens (tertiary/aromatic N) is 1. The highest BCUT2D eigenvalue weighted by molar-refractivity contribution is 5.01. The average Bonchev–Trinajstić information content (AvgIpc) is 2.76. The summed E-state index contributed by atoms with van der Waals surface area (Å²) in [5.74, 6) is 5.11. The van der Waals surface area contributed by atoms with E-state index >= 15 is 0 Å². The fraction of sp³-hybridized carbons (Fsp3) is 1.00. The Balaban J connectivity index is 1.41. The molecule has 19 heavy (non-hydrogen) atoms. The Bertz CT molecular complexity index is 331. The third-order valence-electron chi connectivity index (χ3n) is 6.67. The summed E-state index contributed by atoms with van der Waals surface area (Å²) in [6.45, 7) is 3.41. The molecule has 1 heterocycles. The summed E-state index contributed by atoms with van der Waals surface area (Å²) in [6, 6.07) is 0. The molecule has 1 aliphatic heterocycles. The Hall–Kier alpha value is -0.120. The molecule has 4 aliphatic carbocycles. The number of rotatable bonds is 3. The Morgan fingerprint density at radius 2 is 1.68 bits per heavy atom. The maximum absolute atomic E-state index is 9.40. The highest BCUT2D eigenvalue weighted by Crippen LogP contribution is 2.56. The molecule has 1 unspecified atom stereocenters. The second-order valence-electron chi connectivity index (χ2n) is 8.10. The molecule has 0 aromatic heterocycles. The summed E-state index contributed by atoms with van der Waals surface area (Å²) in [4.78, 5) is 2.54. The van der Waals surface area contributed by atoms with Crippen LogP contribution < -0.4 is 5.73 Å². The monoisotopic (exact) mass is 264 g/mol. The van der Waals surface area contributed by atoms with Crippen molar-refractivity contribution in [1.82, 2.24) is 4.90 Å². The van der Waals surface area contributed by atoms with Crippen LogP contribution in [0.25, 0.3) is 0 Å². The first kappa shape index (κ1) is 12.6. The molecule has 1 saturated heterocycles. The van der Waals surface area contributed by atoms with E-state index in [1.165, 1.54) is 32.2 Å². The zero-order chi connectivity index (χ0) is 13.0. The van der Waals surface area contributed by atoms with Gasteiger partial charge in [0, 0.05) is 19.6 Å². The summed E-state index contributed by atoms with van der Waals surface area (Å²) >= 11 is 0. The first-order chi connectivity index (χ1) is 9.15. The molecule has 5 rings (SSSR count). The average molecular weight is 264 g/mol. The molecule has 108 valence electrons. The second-order valence-corrected chi connectivity index (χ2v) is 8.10. The quantitative estimate of drug-likeness (QED) is 0.811. The molecule has 5 fully saturated rings. The van der Waals surface area contributed by atoms with Gasteiger partial charge in [0.25, 0.3) is 0 Å². The van der Waals surface area contributed by atoms with Crippen LogP contribution in [0.3, 0.4) is 0 Å². The molecule has 1 atom stereocenters. The molecule has 0 aromatic carbocycles. The maximum atomic E-state index is 9.40. The fourth-order valence-electron chi connectivity index (χ4n) is 5.90. The number of likely N-dealkylation sites (tertiary alicyclic amines) is 1. The van der Waals surface area contributed by atoms with Crippen LogP contribution in [0.15, 0.2) is 0 Å². The van der Waals surface area contributed by atoms with E-state index in [1.807, 2.05) is 0 Å². The van der Waals surface area contributed by atoms with Gasteiger partial charge >= 0.3 is 0 Å². The van der Waals surface area contributed by atoms with Crippen LogP contribution in [0.4, 0.5) is 0 Å². The molecule has 0 spiro atoms. The van der Waals surface area contributed by atoms with E-state index in [-0.39, 0.29) is 12.1 Å². The van der Waals surface area contributed by atoms with Crippen LogP contribution in [0.5, 0.6) is 0 Å². The molecule has 3 heteroatoms. The van der Waals surface area contributed by atoms with Gasteiger partial charge in [0.1, 0.15) is 0 Å². The molecule has 3 N–H and O–H groups in total. The number of aliphatic hydroxyl groups excluding tert-OH is 1. The van der Waals surface area contributed by atoms with Gasteiger partial charge in [-0.15, -0.1) is 0 Å². The Labute approximate surface area is 116 Å². The first-order valence-electron chi connectivity index (χ1n) is 8.27. The molecule has 3 nitrogen and oxygen atoms in total. The van der Waals surface area contributed by atoms with Gasteiger partial charge in [-0.2, -0.15) is 0 Å². The summed E-state index contributed by atoms with van der Waals surface area (Å²) in [6.07, 6.45) is 8.56. The van der Waals surface area contributed by atoms with Crippen molar-refractivity contribution in [3.05, 3.63) is 0 Å². The molecular formula is C16H28N2O. The topological polar surface area (TPSA) is 49.5 Å². The van der Waals surface area contributed by atoms with E-state index < -0.39 is 0 Å². The van der Waals surface area contributed by atoms with E-state index in [0.717, 1.165) is 49.1 Å². The Morgan fingerprint density at radius 1 is 1.05 bits per heavy atom. The fourth-order valence-corrected chi connectivity index (χ4v) is 5.90. The van der Waals surface area contributed by atoms with Crippen LogP contribution in [0, 0.1) is 29.6 Å². The summed E-state index contributed by atoms with van der Waals surface area (Å²) in [5.41, 5.74) is 5.89. The van der Waals surface area contributed by atoms with E-state index in [4.69, 9.17) is 5.73 Å². The van der Waals surface area contributed by atoms with Gasteiger partial charge in [0.05, 0.1) is 12.1 Å². The normalized spacial score (nSPS) is 53.1. The van der Waals surface area contributed by atoms with Crippen molar-refractivity contribution in [1.29, 1.82) is 0 Å². The minimum absolute atomic E-state index is 0.144. The van der Waals surface area contributed by atoms with Gasteiger partial charge in [-0.05, 0) is 68.1 Å². The highest BCUT2D eigenvalue weighted by Gasteiger charge is 2.49. The third kappa shape index (κ3) is 2.14. The first-order valence-corrected chi connectivity index (χ1v) is 8.27. The minimum Gasteiger partial charge on any atom is -0.394 e. The van der Waals surface area contributed by atoms with Gasteiger partial charge < -0.3 is 15.7 Å². The summed E-state index contributed by atoms with van der Waals surface area (Å²) in [7, 11) is 0. The molecule has 0 aromatic rings. The van der Waals surface area contributed by atoms with Gasteiger partial charge in [-0.25, -0.2) is 0 Å². The van der Waals surface area contributed by atoms with E-state index in [0.29, 0.717) is 0 Å². The van der Waals surface area contributed by atoms with Crippen molar-refractivity contribution < 1.29 is 5.11 Å². The molecule has 0 amide bonds. The van der Waals surface area contributed by atoms with Crippen LogP contribution in [-0.4, -0.2) is 41.8 Å². The van der Waals surface area contributed by atoms with Gasteiger partial charge in [-0.3, -0.25) is 0 Å². The van der Waals surface area contributed by atoms with Crippen molar-refractivity contribution in [2.75, 3.05) is 26.2 Å². The van der Waals surface area contributed by atoms with Crippen molar-refractivity contribution in [2.24, 2.45) is 35.3 Å². The predicted molar refractivity (Wildman–Crippen MR) is 75.6 cm³/mol. The lowest BCUT2D eigenvalue weighted by molar-refractivity contribution is -0.0475. The summed E-state index contributed by atoms with van der Waals surface area (Å²) < 4.78 is 0. The molecule has 0 radical (unpaired) electrons. The van der Waals surface area contributed by atoms with Crippen molar-refractivity contribution in [3.8, 4) is 0 Å². The molecule has 5 aliphatic rings. The number of hydrogen-bond acceptors (Lipinski definition) is 3. The zero-order valence-corrected chi connectivity index (χ0v) is 11.9. The van der Waals surface area contributed by atoms with Crippen molar-refractivity contribution >= 4 is 0 Å². The van der Waals surface area contributed by atoms with Gasteiger partial charge in [-0.1, -0.05) is 0 Å². The minimum atomic E-state index is -0.314. The zero-order valence-electron chi connectivity index (χ0n) is 11.9. The van der Waals surface area contributed by atoms with E-state index in [2.05, 4.69) is 4.90 Å². The van der Waals surface area contributed by atoms with E-state index in [1.54, 1.807) is 6.42 Å². The number of hydrogen-bond donors (Lipinski definition) is 2. The largest absolute Gasteiger partial charge is 0.394 e. The molecular weight excluding hydrogens is 236 g/mol. The number of nitrogens with two attached hydrogens (primary N) is 1. The third-order valence-corrected chi connectivity index (χ3v) is 6.67. The van der Waals surface area contributed by atoms with Gasteiger partial charge in [0.2, 0.25) is 0 Å². The van der Waals surface area contributed by atoms with Crippen molar-refractivity contribution in [3.63, 3.8) is 0 Å². The lowest BCUT2D eigenvalue weighted by Crippen LogP contribution is -2.50. The highest BCUT2D eigenvalue weighted by atomic mass is 16.3. The predicted octanol–water partition coefficient (Wildman–Crippen LogP) is 1.45. The Kier molecular flexibility index (Phi) is 2.95. The standard InChI is InChI=1S/C16H28N2O/c17-16(10-19)1-2-18(9-16)8-15-13-4-11-3-12(6-13)7-14(15)5-11/h11-15,19H,1-10,17H2. The number of aliphatic hydroxyl groups is 1. The van der Waals surface area contributed by atoms with Crippen LogP contribution in [-0.2, 0) is 0 Å². The van der Waals surface area contributed by atoms with Crippen molar-refractivity contribution in [2.45, 2.75) is 44.1 Å². The lowest BCUT2D eigenvalue weighted by atomic mass is 9.52. The molecule has 4 bridgehead atoms. The Morgan fingerprint density at radius 3 is 2.21 bits per heavy atom. The lowest BCUT2D eigenvalue weighted by Gasteiger charge is -2.55.